The Labute approximate surface area is 50.7 Å². The van der Waals surface area contributed by atoms with Crippen LogP contribution in [0.1, 0.15) is 26.2 Å². The van der Waals surface area contributed by atoms with Gasteiger partial charge in [0.2, 0.25) is 0 Å². The average Bonchev–Trinajstić information content (AvgIpc) is 1.87. The SMILES string of the molecule is C[C@@H]1CC[C@H]([S-])C1. The van der Waals surface area contributed by atoms with E-state index in [2.05, 4.69) is 6.92 Å². The molecule has 0 spiro atoms. The summed E-state index contributed by atoms with van der Waals surface area (Å²) in [6, 6.07) is 0. The van der Waals surface area contributed by atoms with Crippen LogP contribution in [-0.2, 0) is 12.6 Å². The third-order valence-corrected chi connectivity index (χ3v) is 2.07. The lowest BCUT2D eigenvalue weighted by Gasteiger charge is -2.12. The highest BCUT2D eigenvalue weighted by Gasteiger charge is 2.10. The lowest BCUT2D eigenvalue weighted by molar-refractivity contribution is 0.614. The standard InChI is InChI=1S/C6H12S/c1-5-2-3-6(7)4-5/h5-7H,2-4H2,1H3/p-1/t5-,6+/m1/s1. The molecule has 0 aromatic rings. The molecule has 1 saturated carbocycles. The largest absolute Gasteiger partial charge is 0.789 e. The van der Waals surface area contributed by atoms with Crippen LogP contribution < -0.4 is 0 Å². The van der Waals surface area contributed by atoms with Gasteiger partial charge in [-0.2, -0.15) is 5.25 Å². The van der Waals surface area contributed by atoms with E-state index in [0.29, 0.717) is 5.25 Å². The third-order valence-electron chi connectivity index (χ3n) is 1.65. The summed E-state index contributed by atoms with van der Waals surface area (Å²) in [5.74, 6) is 0.919. The molecule has 1 aliphatic rings. The van der Waals surface area contributed by atoms with E-state index in [1.165, 1.54) is 19.3 Å². The molecule has 0 bridgehead atoms. The van der Waals surface area contributed by atoms with Gasteiger partial charge < -0.3 is 12.6 Å². The first-order valence-electron chi connectivity index (χ1n) is 2.95. The van der Waals surface area contributed by atoms with E-state index in [4.69, 9.17) is 12.6 Å². The van der Waals surface area contributed by atoms with Crippen molar-refractivity contribution >= 4 is 12.6 Å². The normalized spacial score (nSPS) is 42.0. The predicted octanol–water partition coefficient (Wildman–Crippen LogP) is 1.72. The maximum Gasteiger partial charge on any atom is -0.0459 e. The molecule has 0 amide bonds. The highest BCUT2D eigenvalue weighted by Crippen LogP contribution is 2.24. The minimum atomic E-state index is 0.606. The Bertz CT molecular complexity index is 53.2. The first-order chi connectivity index (χ1) is 3.29. The first kappa shape index (κ1) is 5.49. The monoisotopic (exact) mass is 115 g/mol. The molecule has 2 atom stereocenters. The van der Waals surface area contributed by atoms with Crippen LogP contribution in [0.15, 0.2) is 0 Å². The van der Waals surface area contributed by atoms with Crippen molar-refractivity contribution < 1.29 is 0 Å². The summed E-state index contributed by atoms with van der Waals surface area (Å²) >= 11 is 5.08. The zero-order valence-electron chi connectivity index (χ0n) is 4.68. The Kier molecular flexibility index (Phi) is 1.63. The van der Waals surface area contributed by atoms with Gasteiger partial charge in [0.15, 0.2) is 0 Å². The molecular weight excluding hydrogens is 104 g/mol. The lowest BCUT2D eigenvalue weighted by Crippen LogP contribution is -1.93. The van der Waals surface area contributed by atoms with E-state index in [1.807, 2.05) is 0 Å². The van der Waals surface area contributed by atoms with E-state index < -0.39 is 0 Å². The van der Waals surface area contributed by atoms with Crippen LogP contribution in [0.25, 0.3) is 0 Å². The second kappa shape index (κ2) is 2.08. The fourth-order valence-electron chi connectivity index (χ4n) is 1.15. The van der Waals surface area contributed by atoms with Crippen molar-refractivity contribution in [3.8, 4) is 0 Å². The number of hydrogen-bond acceptors (Lipinski definition) is 1. The highest BCUT2D eigenvalue weighted by molar-refractivity contribution is 7.59. The molecule has 1 heteroatoms. The molecule has 0 nitrogen and oxygen atoms in total. The minimum absolute atomic E-state index is 0.606. The van der Waals surface area contributed by atoms with Crippen molar-refractivity contribution in [2.75, 3.05) is 0 Å². The average molecular weight is 115 g/mol. The molecule has 0 radical (unpaired) electrons. The van der Waals surface area contributed by atoms with Gasteiger partial charge in [-0.3, -0.25) is 0 Å². The Morgan fingerprint density at radius 2 is 2.14 bits per heavy atom. The van der Waals surface area contributed by atoms with E-state index in [0.717, 1.165) is 5.92 Å². The van der Waals surface area contributed by atoms with Crippen LogP contribution in [0, 0.1) is 5.92 Å². The summed E-state index contributed by atoms with van der Waals surface area (Å²) in [5.41, 5.74) is 0. The Hall–Kier alpha value is 0.350. The molecule has 42 valence electrons. The first-order valence-corrected chi connectivity index (χ1v) is 3.42. The predicted molar refractivity (Wildman–Crippen MR) is 34.2 cm³/mol. The molecule has 0 aromatic carbocycles. The van der Waals surface area contributed by atoms with Crippen LogP contribution in [0.3, 0.4) is 0 Å². The molecular formula is C6H11S-. The van der Waals surface area contributed by atoms with Crippen molar-refractivity contribution in [2.24, 2.45) is 5.92 Å². The van der Waals surface area contributed by atoms with Gasteiger partial charge in [0.25, 0.3) is 0 Å². The van der Waals surface area contributed by atoms with Gasteiger partial charge >= 0.3 is 0 Å². The zero-order valence-corrected chi connectivity index (χ0v) is 5.50. The molecule has 0 N–H and O–H groups in total. The number of hydrogen-bond donors (Lipinski definition) is 0. The maximum atomic E-state index is 5.08. The van der Waals surface area contributed by atoms with Crippen molar-refractivity contribution in [1.82, 2.24) is 0 Å². The Morgan fingerprint density at radius 3 is 2.29 bits per heavy atom. The molecule has 0 aromatic heterocycles. The summed E-state index contributed by atoms with van der Waals surface area (Å²) in [6.07, 6.45) is 3.94. The van der Waals surface area contributed by atoms with Crippen LogP contribution in [0.4, 0.5) is 0 Å². The fourth-order valence-corrected chi connectivity index (χ4v) is 1.62. The second-order valence-electron chi connectivity index (χ2n) is 2.54. The van der Waals surface area contributed by atoms with Gasteiger partial charge in [0, 0.05) is 0 Å². The van der Waals surface area contributed by atoms with Crippen LogP contribution in [0.5, 0.6) is 0 Å². The molecule has 1 aliphatic carbocycles. The highest BCUT2D eigenvalue weighted by atomic mass is 32.1. The van der Waals surface area contributed by atoms with E-state index in [-0.39, 0.29) is 0 Å². The third kappa shape index (κ3) is 1.37. The molecule has 0 unspecified atom stereocenters. The quantitative estimate of drug-likeness (QED) is 0.433. The summed E-state index contributed by atoms with van der Waals surface area (Å²) in [6.45, 7) is 2.28. The van der Waals surface area contributed by atoms with Crippen molar-refractivity contribution in [2.45, 2.75) is 31.4 Å². The molecule has 1 fully saturated rings. The van der Waals surface area contributed by atoms with Gasteiger partial charge in [-0.05, 0) is 5.92 Å². The van der Waals surface area contributed by atoms with Gasteiger partial charge in [0.1, 0.15) is 0 Å². The maximum absolute atomic E-state index is 5.08. The Balaban J connectivity index is 2.26. The van der Waals surface area contributed by atoms with Crippen molar-refractivity contribution in [1.29, 1.82) is 0 Å². The lowest BCUT2D eigenvalue weighted by atomic mass is 10.1. The summed E-state index contributed by atoms with van der Waals surface area (Å²) < 4.78 is 0. The van der Waals surface area contributed by atoms with Crippen LogP contribution in [0.2, 0.25) is 0 Å². The van der Waals surface area contributed by atoms with Crippen LogP contribution >= 0.6 is 0 Å². The van der Waals surface area contributed by atoms with Crippen molar-refractivity contribution in [3.63, 3.8) is 0 Å². The van der Waals surface area contributed by atoms with Gasteiger partial charge in [-0.25, -0.2) is 0 Å². The van der Waals surface area contributed by atoms with Crippen molar-refractivity contribution in [3.05, 3.63) is 0 Å². The van der Waals surface area contributed by atoms with Crippen LogP contribution in [-0.4, -0.2) is 5.25 Å². The van der Waals surface area contributed by atoms with E-state index >= 15 is 0 Å². The fraction of sp³-hybridized carbons (Fsp3) is 1.00. The van der Waals surface area contributed by atoms with Gasteiger partial charge in [-0.1, -0.05) is 26.2 Å². The summed E-state index contributed by atoms with van der Waals surface area (Å²) in [4.78, 5) is 0. The summed E-state index contributed by atoms with van der Waals surface area (Å²) in [7, 11) is 0. The minimum Gasteiger partial charge on any atom is -0.789 e. The van der Waals surface area contributed by atoms with Gasteiger partial charge in [0.05, 0.1) is 0 Å². The molecule has 7 heavy (non-hydrogen) atoms. The van der Waals surface area contributed by atoms with E-state index in [1.54, 1.807) is 0 Å². The topological polar surface area (TPSA) is 0 Å². The van der Waals surface area contributed by atoms with Gasteiger partial charge in [-0.15, -0.1) is 0 Å². The molecule has 0 saturated heterocycles. The smallest absolute Gasteiger partial charge is 0.0459 e. The summed E-state index contributed by atoms with van der Waals surface area (Å²) in [5, 5.41) is 0.606. The van der Waals surface area contributed by atoms with E-state index in [9.17, 15) is 0 Å². The number of rotatable bonds is 0. The molecule has 0 heterocycles. The molecule has 1 rings (SSSR count). The zero-order chi connectivity index (χ0) is 5.28. The second-order valence-corrected chi connectivity index (χ2v) is 3.21. The Morgan fingerprint density at radius 1 is 1.43 bits per heavy atom. The molecule has 0 aliphatic heterocycles.